The van der Waals surface area contributed by atoms with Gasteiger partial charge < -0.3 is 11.1 Å². The number of urea groups is 1. The molecule has 0 bridgehead atoms. The number of hydrogen-bond acceptors (Lipinski definition) is 4. The van der Waals surface area contributed by atoms with E-state index in [1.807, 2.05) is 11.6 Å². The van der Waals surface area contributed by atoms with E-state index < -0.39 is 16.1 Å². The van der Waals surface area contributed by atoms with Crippen molar-refractivity contribution in [3.05, 3.63) is 23.8 Å². The molecule has 0 fully saturated rings. The van der Waals surface area contributed by atoms with Crippen LogP contribution in [0.4, 0.5) is 10.5 Å². The summed E-state index contributed by atoms with van der Waals surface area (Å²) in [5, 5.41) is 2.43. The third-order valence-electron chi connectivity index (χ3n) is 2.27. The number of amides is 2. The molecular weight excluding hydrogens is 254 g/mol. The fourth-order valence-electron chi connectivity index (χ4n) is 1.49. The van der Waals surface area contributed by atoms with Crippen LogP contribution >= 0.6 is 0 Å². The Morgan fingerprint density at radius 2 is 2.06 bits per heavy atom. The molecule has 1 rings (SSSR count). The number of anilines is 1. The molecule has 0 saturated carbocycles. The first-order valence-corrected chi connectivity index (χ1v) is 7.02. The largest absolute Gasteiger partial charge is 0.398 e. The molecule has 4 N–H and O–H groups in total. The normalized spacial score (nSPS) is 11.0. The Morgan fingerprint density at radius 1 is 1.39 bits per heavy atom. The van der Waals surface area contributed by atoms with Crippen molar-refractivity contribution in [1.82, 2.24) is 10.0 Å². The van der Waals surface area contributed by atoms with E-state index in [0.29, 0.717) is 12.1 Å². The molecule has 0 heterocycles. The van der Waals surface area contributed by atoms with Crippen LogP contribution in [0.5, 0.6) is 0 Å². The first-order valence-electron chi connectivity index (χ1n) is 5.54. The molecule has 0 radical (unpaired) electrons. The molecule has 100 valence electrons. The van der Waals surface area contributed by atoms with Crippen molar-refractivity contribution in [3.63, 3.8) is 0 Å². The maximum absolute atomic E-state index is 12.0. The third-order valence-corrected chi connectivity index (χ3v) is 3.82. The topological polar surface area (TPSA) is 101 Å². The van der Waals surface area contributed by atoms with Gasteiger partial charge in [0.2, 0.25) is 0 Å². The van der Waals surface area contributed by atoms with Crippen LogP contribution in [0.15, 0.2) is 23.1 Å². The molecule has 0 aromatic heterocycles. The summed E-state index contributed by atoms with van der Waals surface area (Å²) in [5.74, 6) is 0. The Morgan fingerprint density at radius 3 is 2.61 bits per heavy atom. The first kappa shape index (κ1) is 14.3. The average Bonchev–Trinajstić information content (AvgIpc) is 2.25. The van der Waals surface area contributed by atoms with Gasteiger partial charge in [-0.05, 0) is 25.0 Å². The number of sulfonamides is 1. The third kappa shape index (κ3) is 3.36. The summed E-state index contributed by atoms with van der Waals surface area (Å²) in [5.41, 5.74) is 6.24. The SMILES string of the molecule is CCCNC(=O)NS(=O)(=O)c1c(C)cccc1N. The fraction of sp³-hybridized carbons (Fsp3) is 0.364. The number of benzene rings is 1. The van der Waals surface area contributed by atoms with E-state index in [0.717, 1.165) is 6.42 Å². The van der Waals surface area contributed by atoms with Crippen molar-refractivity contribution in [3.8, 4) is 0 Å². The second-order valence-electron chi connectivity index (χ2n) is 3.85. The molecule has 1 aromatic carbocycles. The van der Waals surface area contributed by atoms with Gasteiger partial charge in [0.05, 0.1) is 5.69 Å². The van der Waals surface area contributed by atoms with E-state index in [9.17, 15) is 13.2 Å². The zero-order chi connectivity index (χ0) is 13.8. The summed E-state index contributed by atoms with van der Waals surface area (Å²) in [4.78, 5) is 11.3. The molecule has 18 heavy (non-hydrogen) atoms. The zero-order valence-corrected chi connectivity index (χ0v) is 11.2. The van der Waals surface area contributed by atoms with E-state index in [-0.39, 0.29) is 10.6 Å². The lowest BCUT2D eigenvalue weighted by molar-refractivity contribution is 0.246. The van der Waals surface area contributed by atoms with Crippen molar-refractivity contribution >= 4 is 21.7 Å². The molecule has 2 amide bonds. The van der Waals surface area contributed by atoms with Crippen LogP contribution in [-0.2, 0) is 10.0 Å². The molecule has 6 nitrogen and oxygen atoms in total. The van der Waals surface area contributed by atoms with Gasteiger partial charge in [0.1, 0.15) is 4.90 Å². The Balaban J connectivity index is 2.97. The van der Waals surface area contributed by atoms with Crippen LogP contribution in [-0.4, -0.2) is 21.0 Å². The van der Waals surface area contributed by atoms with Crippen LogP contribution in [0.1, 0.15) is 18.9 Å². The smallest absolute Gasteiger partial charge is 0.328 e. The summed E-state index contributed by atoms with van der Waals surface area (Å²) in [6.45, 7) is 3.90. The molecule has 0 atom stereocenters. The van der Waals surface area contributed by atoms with E-state index in [4.69, 9.17) is 5.73 Å². The number of carbonyl (C=O) groups excluding carboxylic acids is 1. The van der Waals surface area contributed by atoms with Gasteiger partial charge in [-0.1, -0.05) is 19.1 Å². The second-order valence-corrected chi connectivity index (χ2v) is 5.47. The molecule has 0 aliphatic carbocycles. The fourth-order valence-corrected chi connectivity index (χ4v) is 2.78. The highest BCUT2D eigenvalue weighted by atomic mass is 32.2. The maximum atomic E-state index is 12.0. The Bertz CT molecular complexity index is 520. The van der Waals surface area contributed by atoms with Gasteiger partial charge in [-0.3, -0.25) is 0 Å². The lowest BCUT2D eigenvalue weighted by atomic mass is 10.2. The van der Waals surface area contributed by atoms with Crippen LogP contribution in [0, 0.1) is 6.92 Å². The van der Waals surface area contributed by atoms with Crippen LogP contribution in [0.2, 0.25) is 0 Å². The Kier molecular flexibility index (Phi) is 4.55. The van der Waals surface area contributed by atoms with Gasteiger partial charge in [0.25, 0.3) is 10.0 Å². The highest BCUT2D eigenvalue weighted by Gasteiger charge is 2.22. The Labute approximate surface area is 107 Å². The number of carbonyl (C=O) groups is 1. The van der Waals surface area contributed by atoms with Gasteiger partial charge in [-0.25, -0.2) is 17.9 Å². The predicted molar refractivity (Wildman–Crippen MR) is 69.6 cm³/mol. The van der Waals surface area contributed by atoms with E-state index >= 15 is 0 Å². The average molecular weight is 271 g/mol. The quantitative estimate of drug-likeness (QED) is 0.710. The van der Waals surface area contributed by atoms with Gasteiger partial charge in [0, 0.05) is 6.54 Å². The predicted octanol–water partition coefficient (Wildman–Crippen LogP) is 0.975. The number of aryl methyl sites for hydroxylation is 1. The van der Waals surface area contributed by atoms with Gasteiger partial charge in [0.15, 0.2) is 0 Å². The summed E-state index contributed by atoms with van der Waals surface area (Å²) in [6, 6.07) is 4.00. The number of nitrogens with one attached hydrogen (secondary N) is 2. The highest BCUT2D eigenvalue weighted by Crippen LogP contribution is 2.21. The molecule has 0 spiro atoms. The minimum absolute atomic E-state index is 0.0587. The van der Waals surface area contributed by atoms with Crippen molar-refractivity contribution in [2.45, 2.75) is 25.2 Å². The summed E-state index contributed by atoms with van der Waals surface area (Å²) >= 11 is 0. The lowest BCUT2D eigenvalue weighted by Gasteiger charge is -2.11. The molecule has 7 heteroatoms. The highest BCUT2D eigenvalue weighted by molar-refractivity contribution is 7.90. The van der Waals surface area contributed by atoms with E-state index in [1.165, 1.54) is 6.07 Å². The number of hydrogen-bond donors (Lipinski definition) is 3. The van der Waals surface area contributed by atoms with Crippen molar-refractivity contribution in [1.29, 1.82) is 0 Å². The number of nitrogen functional groups attached to an aromatic ring is 1. The zero-order valence-electron chi connectivity index (χ0n) is 10.4. The molecule has 0 aliphatic rings. The number of nitrogens with two attached hydrogens (primary N) is 1. The standard InChI is InChI=1S/C11H17N3O3S/c1-3-7-13-11(15)14-18(16,17)10-8(2)5-4-6-9(10)12/h4-6H,3,7,12H2,1-2H3,(H2,13,14,15). The monoisotopic (exact) mass is 271 g/mol. The summed E-state index contributed by atoms with van der Waals surface area (Å²) in [6.07, 6.45) is 0.722. The minimum Gasteiger partial charge on any atom is -0.398 e. The Hall–Kier alpha value is -1.76. The van der Waals surface area contributed by atoms with Crippen molar-refractivity contribution < 1.29 is 13.2 Å². The van der Waals surface area contributed by atoms with E-state index in [2.05, 4.69) is 5.32 Å². The van der Waals surface area contributed by atoms with Crippen molar-refractivity contribution in [2.24, 2.45) is 0 Å². The van der Waals surface area contributed by atoms with Crippen molar-refractivity contribution in [2.75, 3.05) is 12.3 Å². The van der Waals surface area contributed by atoms with E-state index in [1.54, 1.807) is 19.1 Å². The molecule has 0 saturated heterocycles. The first-order chi connectivity index (χ1) is 8.38. The minimum atomic E-state index is -3.94. The molecule has 0 unspecified atom stereocenters. The van der Waals surface area contributed by atoms with Crippen LogP contribution < -0.4 is 15.8 Å². The van der Waals surface area contributed by atoms with Gasteiger partial charge in [-0.15, -0.1) is 0 Å². The summed E-state index contributed by atoms with van der Waals surface area (Å²) in [7, 11) is -3.94. The molecule has 1 aromatic rings. The molecule has 0 aliphatic heterocycles. The van der Waals surface area contributed by atoms with Gasteiger partial charge in [-0.2, -0.15) is 0 Å². The number of rotatable bonds is 4. The van der Waals surface area contributed by atoms with Crippen LogP contribution in [0.3, 0.4) is 0 Å². The maximum Gasteiger partial charge on any atom is 0.328 e. The van der Waals surface area contributed by atoms with Gasteiger partial charge >= 0.3 is 6.03 Å². The molecular formula is C11H17N3O3S. The summed E-state index contributed by atoms with van der Waals surface area (Å²) < 4.78 is 25.9. The second kappa shape index (κ2) is 5.72. The lowest BCUT2D eigenvalue weighted by Crippen LogP contribution is -2.40. The van der Waals surface area contributed by atoms with Crippen LogP contribution in [0.25, 0.3) is 0 Å².